The van der Waals surface area contributed by atoms with Gasteiger partial charge in [-0.1, -0.05) is 55.5 Å². The molecule has 0 heterocycles. The maximum Gasteiger partial charge on any atom is 0.123 e. The lowest BCUT2D eigenvalue weighted by atomic mass is 10.1. The van der Waals surface area contributed by atoms with Crippen LogP contribution in [-0.4, -0.2) is 6.54 Å². The second-order valence-corrected chi connectivity index (χ2v) is 4.99. The zero-order chi connectivity index (χ0) is 14.9. The Labute approximate surface area is 127 Å². The standard InChI is InChI=1S/C19H23NO/c1-3-7-18-8-5-6-9-19(18)21-15-17-12-10-16(11-13-17)14-20-4-2/h3,5-6,8-13,20H,1,4,7,14-15H2,2H3. The van der Waals surface area contributed by atoms with Crippen molar-refractivity contribution in [3.05, 3.63) is 77.9 Å². The molecule has 2 aromatic rings. The summed E-state index contributed by atoms with van der Waals surface area (Å²) in [7, 11) is 0. The molecular weight excluding hydrogens is 258 g/mol. The summed E-state index contributed by atoms with van der Waals surface area (Å²) in [4.78, 5) is 0. The Kier molecular flexibility index (Phi) is 6.04. The number of benzene rings is 2. The van der Waals surface area contributed by atoms with Gasteiger partial charge < -0.3 is 10.1 Å². The van der Waals surface area contributed by atoms with Gasteiger partial charge in [-0.15, -0.1) is 6.58 Å². The van der Waals surface area contributed by atoms with Crippen LogP contribution < -0.4 is 10.1 Å². The largest absolute Gasteiger partial charge is 0.489 e. The lowest BCUT2D eigenvalue weighted by Gasteiger charge is -2.11. The monoisotopic (exact) mass is 281 g/mol. The topological polar surface area (TPSA) is 21.3 Å². The average molecular weight is 281 g/mol. The summed E-state index contributed by atoms with van der Waals surface area (Å²) in [6, 6.07) is 16.7. The van der Waals surface area contributed by atoms with Crippen LogP contribution in [0.3, 0.4) is 0 Å². The van der Waals surface area contributed by atoms with Gasteiger partial charge in [-0.05, 0) is 35.7 Å². The van der Waals surface area contributed by atoms with E-state index >= 15 is 0 Å². The van der Waals surface area contributed by atoms with Gasteiger partial charge in [0.2, 0.25) is 0 Å². The van der Waals surface area contributed by atoms with Crippen LogP contribution in [0.1, 0.15) is 23.6 Å². The van der Waals surface area contributed by atoms with Crippen molar-refractivity contribution < 1.29 is 4.74 Å². The fraction of sp³-hybridized carbons (Fsp3) is 0.263. The number of para-hydroxylation sites is 1. The molecule has 0 unspecified atom stereocenters. The number of allylic oxidation sites excluding steroid dienone is 1. The molecule has 0 radical (unpaired) electrons. The minimum Gasteiger partial charge on any atom is -0.489 e. The highest BCUT2D eigenvalue weighted by atomic mass is 16.5. The van der Waals surface area contributed by atoms with Gasteiger partial charge >= 0.3 is 0 Å². The van der Waals surface area contributed by atoms with Crippen molar-refractivity contribution in [2.45, 2.75) is 26.5 Å². The first-order chi connectivity index (χ1) is 10.3. The van der Waals surface area contributed by atoms with Crippen molar-refractivity contribution in [3.63, 3.8) is 0 Å². The van der Waals surface area contributed by atoms with Crippen LogP contribution in [0.5, 0.6) is 5.75 Å². The quantitative estimate of drug-likeness (QED) is 0.735. The summed E-state index contributed by atoms with van der Waals surface area (Å²) in [6.45, 7) is 8.40. The molecule has 21 heavy (non-hydrogen) atoms. The Morgan fingerprint density at radius 1 is 1.05 bits per heavy atom. The molecule has 0 aromatic heterocycles. The Bertz CT molecular complexity index is 560. The maximum absolute atomic E-state index is 5.93. The highest BCUT2D eigenvalue weighted by Gasteiger charge is 2.02. The van der Waals surface area contributed by atoms with Crippen LogP contribution in [0.25, 0.3) is 0 Å². The van der Waals surface area contributed by atoms with E-state index < -0.39 is 0 Å². The minimum atomic E-state index is 0.593. The molecule has 1 N–H and O–H groups in total. The number of rotatable bonds is 8. The second kappa shape index (κ2) is 8.28. The molecule has 0 saturated carbocycles. The lowest BCUT2D eigenvalue weighted by Crippen LogP contribution is -2.11. The van der Waals surface area contributed by atoms with Crippen molar-refractivity contribution in [1.82, 2.24) is 5.32 Å². The molecule has 0 saturated heterocycles. The Morgan fingerprint density at radius 3 is 2.48 bits per heavy atom. The van der Waals surface area contributed by atoms with E-state index in [1.165, 1.54) is 16.7 Å². The van der Waals surface area contributed by atoms with Crippen molar-refractivity contribution >= 4 is 0 Å². The second-order valence-electron chi connectivity index (χ2n) is 4.99. The SMILES string of the molecule is C=CCc1ccccc1OCc1ccc(CNCC)cc1. The summed E-state index contributed by atoms with van der Waals surface area (Å²) < 4.78 is 5.93. The number of ether oxygens (including phenoxy) is 1. The number of hydrogen-bond acceptors (Lipinski definition) is 2. The first-order valence-electron chi connectivity index (χ1n) is 7.43. The Morgan fingerprint density at radius 2 is 1.76 bits per heavy atom. The van der Waals surface area contributed by atoms with E-state index in [4.69, 9.17) is 4.74 Å². The fourth-order valence-corrected chi connectivity index (χ4v) is 2.15. The molecule has 0 spiro atoms. The molecule has 2 aromatic carbocycles. The highest BCUT2D eigenvalue weighted by Crippen LogP contribution is 2.20. The maximum atomic E-state index is 5.93. The van der Waals surface area contributed by atoms with Crippen LogP contribution in [0.4, 0.5) is 0 Å². The van der Waals surface area contributed by atoms with Gasteiger partial charge in [0.15, 0.2) is 0 Å². The first kappa shape index (κ1) is 15.3. The van der Waals surface area contributed by atoms with Gasteiger partial charge in [0.05, 0.1) is 0 Å². The van der Waals surface area contributed by atoms with E-state index in [1.807, 2.05) is 24.3 Å². The fourth-order valence-electron chi connectivity index (χ4n) is 2.15. The summed E-state index contributed by atoms with van der Waals surface area (Å²) in [5.41, 5.74) is 3.66. The zero-order valence-electron chi connectivity index (χ0n) is 12.6. The third kappa shape index (κ3) is 4.76. The van der Waals surface area contributed by atoms with E-state index in [1.54, 1.807) is 0 Å². The van der Waals surface area contributed by atoms with Crippen LogP contribution in [0.2, 0.25) is 0 Å². The van der Waals surface area contributed by atoms with Crippen molar-refractivity contribution in [1.29, 1.82) is 0 Å². The lowest BCUT2D eigenvalue weighted by molar-refractivity contribution is 0.303. The molecule has 2 nitrogen and oxygen atoms in total. The summed E-state index contributed by atoms with van der Waals surface area (Å²) in [6.07, 6.45) is 2.73. The van der Waals surface area contributed by atoms with Gasteiger partial charge in [0.25, 0.3) is 0 Å². The van der Waals surface area contributed by atoms with Crippen LogP contribution in [0.15, 0.2) is 61.2 Å². The van der Waals surface area contributed by atoms with Crippen molar-refractivity contribution in [2.24, 2.45) is 0 Å². The van der Waals surface area contributed by atoms with Crippen LogP contribution in [0, 0.1) is 0 Å². The first-order valence-corrected chi connectivity index (χ1v) is 7.43. The third-order valence-electron chi connectivity index (χ3n) is 3.33. The van der Waals surface area contributed by atoms with Gasteiger partial charge in [-0.3, -0.25) is 0 Å². The van der Waals surface area contributed by atoms with Gasteiger partial charge in [-0.25, -0.2) is 0 Å². The Hall–Kier alpha value is -2.06. The van der Waals surface area contributed by atoms with Gasteiger partial charge in [0.1, 0.15) is 12.4 Å². The van der Waals surface area contributed by atoms with E-state index in [0.717, 1.165) is 25.3 Å². The smallest absolute Gasteiger partial charge is 0.123 e. The zero-order valence-corrected chi connectivity index (χ0v) is 12.6. The van der Waals surface area contributed by atoms with Crippen LogP contribution >= 0.6 is 0 Å². The van der Waals surface area contributed by atoms with Crippen molar-refractivity contribution in [3.8, 4) is 5.75 Å². The minimum absolute atomic E-state index is 0.593. The van der Waals surface area contributed by atoms with E-state index in [9.17, 15) is 0 Å². The van der Waals surface area contributed by atoms with Gasteiger partial charge in [-0.2, -0.15) is 0 Å². The molecular formula is C19H23NO. The van der Waals surface area contributed by atoms with Gasteiger partial charge in [0, 0.05) is 6.54 Å². The molecule has 2 rings (SSSR count). The third-order valence-corrected chi connectivity index (χ3v) is 3.33. The Balaban J connectivity index is 1.95. The average Bonchev–Trinajstić information content (AvgIpc) is 2.53. The van der Waals surface area contributed by atoms with Crippen molar-refractivity contribution in [2.75, 3.05) is 6.54 Å². The molecule has 2 heteroatoms. The summed E-state index contributed by atoms with van der Waals surface area (Å²) in [5.74, 6) is 0.939. The number of hydrogen-bond donors (Lipinski definition) is 1. The van der Waals surface area contributed by atoms with Crippen LogP contribution in [-0.2, 0) is 19.6 Å². The van der Waals surface area contributed by atoms with E-state index in [0.29, 0.717) is 6.61 Å². The molecule has 110 valence electrons. The number of nitrogens with one attached hydrogen (secondary N) is 1. The molecule has 0 atom stereocenters. The highest BCUT2D eigenvalue weighted by molar-refractivity contribution is 5.35. The van der Waals surface area contributed by atoms with E-state index in [2.05, 4.69) is 49.2 Å². The molecule has 0 amide bonds. The predicted molar refractivity (Wildman–Crippen MR) is 88.5 cm³/mol. The van der Waals surface area contributed by atoms with E-state index in [-0.39, 0.29) is 0 Å². The molecule has 0 aliphatic heterocycles. The normalized spacial score (nSPS) is 10.3. The molecule has 0 bridgehead atoms. The predicted octanol–water partition coefficient (Wildman–Crippen LogP) is 4.10. The summed E-state index contributed by atoms with van der Waals surface area (Å²) in [5, 5.41) is 3.32. The molecule has 0 aliphatic carbocycles. The molecule has 0 aliphatic rings. The molecule has 0 fully saturated rings. The summed E-state index contributed by atoms with van der Waals surface area (Å²) >= 11 is 0.